The molecule has 0 unspecified atom stereocenters. The zero-order valence-electron chi connectivity index (χ0n) is 10.5. The van der Waals surface area contributed by atoms with Gasteiger partial charge in [0.1, 0.15) is 0 Å². The summed E-state index contributed by atoms with van der Waals surface area (Å²) in [6.07, 6.45) is 4.90. The van der Waals surface area contributed by atoms with Crippen molar-refractivity contribution in [1.82, 2.24) is 5.32 Å². The first-order valence-electron chi connectivity index (χ1n) is 6.33. The summed E-state index contributed by atoms with van der Waals surface area (Å²) in [4.78, 5) is 12.8. The van der Waals surface area contributed by atoms with Crippen molar-refractivity contribution in [3.05, 3.63) is 28.2 Å². The van der Waals surface area contributed by atoms with Gasteiger partial charge >= 0.3 is 0 Å². The minimum Gasteiger partial charge on any atom is -0.351 e. The molecule has 1 fully saturated rings. The Morgan fingerprint density at radius 2 is 2.22 bits per heavy atom. The average molecular weight is 328 g/mol. The van der Waals surface area contributed by atoms with Gasteiger partial charge in [-0.2, -0.15) is 0 Å². The molecule has 0 aromatic heterocycles. The van der Waals surface area contributed by atoms with Crippen molar-refractivity contribution in [1.29, 1.82) is 0 Å². The Hall–Kier alpha value is -0.480. The molecule has 1 aliphatic carbocycles. The van der Waals surface area contributed by atoms with Crippen LogP contribution in [0.4, 0.5) is 0 Å². The molecule has 0 aliphatic heterocycles. The highest BCUT2D eigenvalue weighted by Crippen LogP contribution is 2.43. The van der Waals surface area contributed by atoms with Gasteiger partial charge < -0.3 is 5.32 Å². The molecule has 0 saturated heterocycles. The van der Waals surface area contributed by atoms with E-state index in [4.69, 9.17) is 0 Å². The maximum absolute atomic E-state index is 12.1. The molecule has 1 saturated carbocycles. The molecular weight excluding hydrogens is 310 g/mol. The number of nitrogens with one attached hydrogen (secondary N) is 1. The molecule has 1 N–H and O–H groups in total. The molecule has 1 aliphatic rings. The average Bonchev–Trinajstić information content (AvgIpc) is 2.27. The van der Waals surface area contributed by atoms with Gasteiger partial charge in [-0.3, -0.25) is 4.79 Å². The summed E-state index contributed by atoms with van der Waals surface area (Å²) >= 11 is 7.71. The fourth-order valence-electron chi connectivity index (χ4n) is 2.39. The molecule has 0 atom stereocenters. The third kappa shape index (κ3) is 2.91. The number of rotatable bonds is 4. The lowest BCUT2D eigenvalue weighted by atomic mass is 9.67. The molecule has 98 valence electrons. The van der Waals surface area contributed by atoms with Crippen molar-refractivity contribution in [2.45, 2.75) is 37.5 Å². The highest BCUT2D eigenvalue weighted by atomic mass is 79.9. The van der Waals surface area contributed by atoms with Crippen LogP contribution < -0.4 is 5.32 Å². The fourth-order valence-corrected chi connectivity index (χ4v) is 3.25. The SMILES string of the molecule is CCC1(CNC(=O)c2ccc(Br)cc2S)CCC1. The van der Waals surface area contributed by atoms with Crippen LogP contribution in [-0.4, -0.2) is 12.5 Å². The van der Waals surface area contributed by atoms with Gasteiger partial charge in [0.25, 0.3) is 5.91 Å². The highest BCUT2D eigenvalue weighted by molar-refractivity contribution is 9.10. The smallest absolute Gasteiger partial charge is 0.252 e. The third-order valence-electron chi connectivity index (χ3n) is 3.99. The van der Waals surface area contributed by atoms with Crippen LogP contribution in [0.25, 0.3) is 0 Å². The summed E-state index contributed by atoms with van der Waals surface area (Å²) in [5.41, 5.74) is 0.994. The largest absolute Gasteiger partial charge is 0.351 e. The normalized spacial score (nSPS) is 17.1. The molecule has 2 nitrogen and oxygen atoms in total. The van der Waals surface area contributed by atoms with Crippen molar-refractivity contribution in [3.8, 4) is 0 Å². The van der Waals surface area contributed by atoms with E-state index >= 15 is 0 Å². The Kier molecular flexibility index (Phi) is 4.38. The molecule has 4 heteroatoms. The lowest BCUT2D eigenvalue weighted by molar-refractivity contribution is 0.0847. The Morgan fingerprint density at radius 1 is 1.50 bits per heavy atom. The van der Waals surface area contributed by atoms with E-state index < -0.39 is 0 Å². The van der Waals surface area contributed by atoms with Crippen LogP contribution in [0.1, 0.15) is 43.0 Å². The maximum Gasteiger partial charge on any atom is 0.252 e. The number of carbonyl (C=O) groups is 1. The number of amides is 1. The van der Waals surface area contributed by atoms with Crippen molar-refractivity contribution in [2.24, 2.45) is 5.41 Å². The number of carbonyl (C=O) groups excluding carboxylic acids is 1. The van der Waals surface area contributed by atoms with Crippen LogP contribution in [0.5, 0.6) is 0 Å². The molecule has 0 heterocycles. The minimum absolute atomic E-state index is 0.0211. The quantitative estimate of drug-likeness (QED) is 0.802. The van der Waals surface area contributed by atoms with Gasteiger partial charge in [-0.15, -0.1) is 12.6 Å². The van der Waals surface area contributed by atoms with E-state index in [2.05, 4.69) is 40.8 Å². The van der Waals surface area contributed by atoms with E-state index in [1.807, 2.05) is 12.1 Å². The Balaban J connectivity index is 1.99. The topological polar surface area (TPSA) is 29.1 Å². The molecule has 0 spiro atoms. The summed E-state index contributed by atoms with van der Waals surface area (Å²) < 4.78 is 0.938. The highest BCUT2D eigenvalue weighted by Gasteiger charge is 2.35. The number of hydrogen-bond donors (Lipinski definition) is 2. The molecule has 2 rings (SSSR count). The second-order valence-electron chi connectivity index (χ2n) is 5.05. The zero-order valence-corrected chi connectivity index (χ0v) is 13.0. The van der Waals surface area contributed by atoms with Crippen LogP contribution in [0, 0.1) is 5.41 Å². The van der Waals surface area contributed by atoms with Gasteiger partial charge in [-0.25, -0.2) is 0 Å². The lowest BCUT2D eigenvalue weighted by Gasteiger charge is -2.41. The van der Waals surface area contributed by atoms with Gasteiger partial charge in [-0.1, -0.05) is 29.3 Å². The van der Waals surface area contributed by atoms with Gasteiger partial charge in [0.2, 0.25) is 0 Å². The second-order valence-corrected chi connectivity index (χ2v) is 6.45. The molecule has 0 radical (unpaired) electrons. The Labute approximate surface area is 122 Å². The van der Waals surface area contributed by atoms with E-state index in [1.165, 1.54) is 19.3 Å². The first kappa shape index (κ1) is 13.9. The Bertz CT molecular complexity index is 452. The predicted molar refractivity (Wildman–Crippen MR) is 80.3 cm³/mol. The summed E-state index contributed by atoms with van der Waals surface area (Å²) in [6.45, 7) is 2.99. The monoisotopic (exact) mass is 327 g/mol. The van der Waals surface area contributed by atoms with Crippen molar-refractivity contribution >= 4 is 34.5 Å². The van der Waals surface area contributed by atoms with Gasteiger partial charge in [-0.05, 0) is 42.9 Å². The molecule has 1 amide bonds. The van der Waals surface area contributed by atoms with E-state index in [-0.39, 0.29) is 5.91 Å². The number of halogens is 1. The number of hydrogen-bond acceptors (Lipinski definition) is 2. The summed E-state index contributed by atoms with van der Waals surface area (Å²) in [6, 6.07) is 5.52. The van der Waals surface area contributed by atoms with Crippen LogP contribution in [0.15, 0.2) is 27.6 Å². The van der Waals surface area contributed by atoms with Crippen LogP contribution >= 0.6 is 28.6 Å². The van der Waals surface area contributed by atoms with Gasteiger partial charge in [0.05, 0.1) is 5.56 Å². The minimum atomic E-state index is -0.0211. The van der Waals surface area contributed by atoms with E-state index in [9.17, 15) is 4.79 Å². The zero-order chi connectivity index (χ0) is 13.2. The number of benzene rings is 1. The molecule has 1 aromatic carbocycles. The van der Waals surface area contributed by atoms with Crippen LogP contribution in [0.3, 0.4) is 0 Å². The van der Waals surface area contributed by atoms with Crippen molar-refractivity contribution in [3.63, 3.8) is 0 Å². The fraction of sp³-hybridized carbons (Fsp3) is 0.500. The first-order chi connectivity index (χ1) is 8.56. The second kappa shape index (κ2) is 5.66. The molecule has 0 bridgehead atoms. The van der Waals surface area contributed by atoms with Crippen LogP contribution in [0.2, 0.25) is 0 Å². The number of thiol groups is 1. The van der Waals surface area contributed by atoms with Gasteiger partial charge in [0, 0.05) is 15.9 Å². The van der Waals surface area contributed by atoms with E-state index in [0.717, 1.165) is 17.4 Å². The maximum atomic E-state index is 12.1. The first-order valence-corrected chi connectivity index (χ1v) is 7.57. The standard InChI is InChI=1S/C14H18BrNOS/c1-2-14(6-3-7-14)9-16-13(17)11-5-4-10(15)8-12(11)18/h4-5,8,18H,2-3,6-7,9H2,1H3,(H,16,17). The summed E-state index contributed by atoms with van der Waals surface area (Å²) in [5, 5.41) is 3.05. The van der Waals surface area contributed by atoms with Crippen molar-refractivity contribution < 1.29 is 4.79 Å². The molecule has 18 heavy (non-hydrogen) atoms. The van der Waals surface area contributed by atoms with E-state index in [1.54, 1.807) is 6.07 Å². The third-order valence-corrected chi connectivity index (χ3v) is 4.86. The van der Waals surface area contributed by atoms with E-state index in [0.29, 0.717) is 15.9 Å². The molecule has 1 aromatic rings. The summed E-state index contributed by atoms with van der Waals surface area (Å²) in [7, 11) is 0. The van der Waals surface area contributed by atoms with Gasteiger partial charge in [0.15, 0.2) is 0 Å². The Morgan fingerprint density at radius 3 is 2.72 bits per heavy atom. The van der Waals surface area contributed by atoms with Crippen molar-refractivity contribution in [2.75, 3.05) is 6.54 Å². The lowest BCUT2D eigenvalue weighted by Crippen LogP contribution is -2.41. The molecular formula is C14H18BrNOS. The predicted octanol–water partition coefficient (Wildman–Crippen LogP) is 4.05. The summed E-state index contributed by atoms with van der Waals surface area (Å²) in [5.74, 6) is -0.0211. The van der Waals surface area contributed by atoms with Crippen LogP contribution in [-0.2, 0) is 0 Å².